The van der Waals surface area contributed by atoms with Crippen molar-refractivity contribution in [3.63, 3.8) is 0 Å². The molecule has 5 nitrogen and oxygen atoms in total. The highest BCUT2D eigenvalue weighted by atomic mass is 16.5. The van der Waals surface area contributed by atoms with E-state index in [1.54, 1.807) is 6.92 Å². The normalized spacial score (nSPS) is 9.42. The number of hydrogen-bond acceptors (Lipinski definition) is 5. The van der Waals surface area contributed by atoms with Crippen LogP contribution < -0.4 is 5.73 Å². The van der Waals surface area contributed by atoms with Gasteiger partial charge >= 0.3 is 5.97 Å². The van der Waals surface area contributed by atoms with Crippen LogP contribution in [-0.2, 0) is 4.74 Å². The van der Waals surface area contributed by atoms with Gasteiger partial charge in [0, 0.05) is 12.4 Å². The van der Waals surface area contributed by atoms with Crippen LogP contribution in [0.1, 0.15) is 17.3 Å². The Labute approximate surface area is 69.6 Å². The molecule has 0 unspecified atom stereocenters. The standard InChI is InChI=1S/C7H9N3O2/c1-2-12-6(11)5-3-9-7(8)10-4-5/h3-4H,2H2,1H3,(H2,8,9,10). The van der Waals surface area contributed by atoms with Crippen LogP contribution in [0.2, 0.25) is 0 Å². The molecule has 12 heavy (non-hydrogen) atoms. The van der Waals surface area contributed by atoms with Crippen LogP contribution in [0.5, 0.6) is 0 Å². The summed E-state index contributed by atoms with van der Waals surface area (Å²) in [6, 6.07) is 0. The first-order valence-electron chi connectivity index (χ1n) is 3.48. The maximum atomic E-state index is 11.0. The van der Waals surface area contributed by atoms with E-state index in [-0.39, 0.29) is 5.95 Å². The number of anilines is 1. The number of carbonyl (C=O) groups excluding carboxylic acids is 1. The van der Waals surface area contributed by atoms with E-state index in [2.05, 4.69) is 9.97 Å². The lowest BCUT2D eigenvalue weighted by Crippen LogP contribution is -2.06. The van der Waals surface area contributed by atoms with Gasteiger partial charge in [-0.25, -0.2) is 14.8 Å². The summed E-state index contributed by atoms with van der Waals surface area (Å²) in [6.07, 6.45) is 2.67. The molecule has 1 heterocycles. The van der Waals surface area contributed by atoms with Gasteiger partial charge in [0.2, 0.25) is 5.95 Å². The molecule has 0 bridgehead atoms. The fourth-order valence-corrected chi connectivity index (χ4v) is 0.658. The molecular weight excluding hydrogens is 158 g/mol. The van der Waals surface area contributed by atoms with Gasteiger partial charge in [0.05, 0.1) is 12.2 Å². The second-order valence-corrected chi connectivity index (χ2v) is 2.05. The molecule has 0 aromatic carbocycles. The molecule has 0 amide bonds. The van der Waals surface area contributed by atoms with E-state index in [1.807, 2.05) is 0 Å². The number of nitrogens with zero attached hydrogens (tertiary/aromatic N) is 2. The predicted molar refractivity (Wildman–Crippen MR) is 42.4 cm³/mol. The summed E-state index contributed by atoms with van der Waals surface area (Å²) in [5.74, 6) is -0.291. The Balaban J connectivity index is 2.75. The molecule has 0 saturated heterocycles. The van der Waals surface area contributed by atoms with Crippen LogP contribution in [0.15, 0.2) is 12.4 Å². The number of rotatable bonds is 2. The molecule has 1 rings (SSSR count). The molecule has 0 atom stereocenters. The minimum Gasteiger partial charge on any atom is -0.462 e. The second kappa shape index (κ2) is 3.66. The molecule has 1 aromatic rings. The van der Waals surface area contributed by atoms with E-state index in [9.17, 15) is 4.79 Å². The quantitative estimate of drug-likeness (QED) is 0.638. The van der Waals surface area contributed by atoms with E-state index in [4.69, 9.17) is 10.5 Å². The van der Waals surface area contributed by atoms with Crippen LogP contribution in [0.3, 0.4) is 0 Å². The monoisotopic (exact) mass is 167 g/mol. The number of aromatic nitrogens is 2. The molecule has 0 saturated carbocycles. The molecular formula is C7H9N3O2. The van der Waals surface area contributed by atoms with Gasteiger partial charge in [-0.3, -0.25) is 0 Å². The first-order valence-corrected chi connectivity index (χ1v) is 3.48. The van der Waals surface area contributed by atoms with Crippen molar-refractivity contribution in [3.8, 4) is 0 Å². The number of ether oxygens (including phenoxy) is 1. The van der Waals surface area contributed by atoms with Crippen molar-refractivity contribution in [2.75, 3.05) is 12.3 Å². The summed E-state index contributed by atoms with van der Waals surface area (Å²) in [5.41, 5.74) is 5.54. The molecule has 0 aliphatic rings. The Morgan fingerprint density at radius 2 is 2.17 bits per heavy atom. The summed E-state index contributed by atoms with van der Waals surface area (Å²) >= 11 is 0. The number of nitrogen functional groups attached to an aromatic ring is 1. The summed E-state index contributed by atoms with van der Waals surface area (Å²) in [5, 5.41) is 0. The Hall–Kier alpha value is -1.65. The number of nitrogens with two attached hydrogens (primary N) is 1. The van der Waals surface area contributed by atoms with Crippen molar-refractivity contribution in [1.82, 2.24) is 9.97 Å². The van der Waals surface area contributed by atoms with Crippen molar-refractivity contribution < 1.29 is 9.53 Å². The largest absolute Gasteiger partial charge is 0.462 e. The van der Waals surface area contributed by atoms with Gasteiger partial charge in [-0.2, -0.15) is 0 Å². The molecule has 0 aliphatic carbocycles. The SMILES string of the molecule is CCOC(=O)c1cnc(N)nc1. The molecule has 0 aliphatic heterocycles. The Morgan fingerprint density at radius 3 is 2.67 bits per heavy atom. The fourth-order valence-electron chi connectivity index (χ4n) is 0.658. The lowest BCUT2D eigenvalue weighted by atomic mass is 10.3. The zero-order valence-corrected chi connectivity index (χ0v) is 6.65. The predicted octanol–water partition coefficient (Wildman–Crippen LogP) is 0.235. The minimum atomic E-state index is -0.433. The summed E-state index contributed by atoms with van der Waals surface area (Å²) in [6.45, 7) is 2.07. The smallest absolute Gasteiger partial charge is 0.341 e. The number of carbonyl (C=O) groups is 1. The molecule has 5 heteroatoms. The third-order valence-corrected chi connectivity index (χ3v) is 1.18. The van der Waals surface area contributed by atoms with E-state index in [0.717, 1.165) is 0 Å². The molecule has 2 N–H and O–H groups in total. The van der Waals surface area contributed by atoms with Crippen molar-refractivity contribution in [3.05, 3.63) is 18.0 Å². The maximum Gasteiger partial charge on any atom is 0.341 e. The van der Waals surface area contributed by atoms with Gasteiger partial charge in [0.1, 0.15) is 0 Å². The van der Waals surface area contributed by atoms with Crippen LogP contribution in [0, 0.1) is 0 Å². The third kappa shape index (κ3) is 1.91. The highest BCUT2D eigenvalue weighted by Crippen LogP contribution is 1.98. The first kappa shape index (κ1) is 8.45. The van der Waals surface area contributed by atoms with Gasteiger partial charge in [0.15, 0.2) is 0 Å². The van der Waals surface area contributed by atoms with Crippen molar-refractivity contribution in [1.29, 1.82) is 0 Å². The van der Waals surface area contributed by atoms with E-state index in [0.29, 0.717) is 12.2 Å². The zero-order chi connectivity index (χ0) is 8.97. The van der Waals surface area contributed by atoms with Gasteiger partial charge in [0.25, 0.3) is 0 Å². The Morgan fingerprint density at radius 1 is 1.58 bits per heavy atom. The highest BCUT2D eigenvalue weighted by Gasteiger charge is 2.05. The summed E-state index contributed by atoms with van der Waals surface area (Å²) < 4.78 is 4.71. The summed E-state index contributed by atoms with van der Waals surface area (Å²) in [7, 11) is 0. The van der Waals surface area contributed by atoms with Gasteiger partial charge < -0.3 is 10.5 Å². The third-order valence-electron chi connectivity index (χ3n) is 1.18. The Bertz CT molecular complexity index is 270. The molecule has 1 aromatic heterocycles. The number of hydrogen-bond donors (Lipinski definition) is 1. The average molecular weight is 167 g/mol. The highest BCUT2D eigenvalue weighted by molar-refractivity contribution is 5.88. The second-order valence-electron chi connectivity index (χ2n) is 2.05. The first-order chi connectivity index (χ1) is 5.74. The van der Waals surface area contributed by atoms with Crippen LogP contribution in [0.4, 0.5) is 5.95 Å². The van der Waals surface area contributed by atoms with Crippen LogP contribution in [0.25, 0.3) is 0 Å². The summed E-state index contributed by atoms with van der Waals surface area (Å²) in [4.78, 5) is 18.3. The van der Waals surface area contributed by atoms with Crippen molar-refractivity contribution >= 4 is 11.9 Å². The van der Waals surface area contributed by atoms with Crippen molar-refractivity contribution in [2.45, 2.75) is 6.92 Å². The number of esters is 1. The zero-order valence-electron chi connectivity index (χ0n) is 6.65. The molecule has 64 valence electrons. The van der Waals surface area contributed by atoms with Gasteiger partial charge in [-0.05, 0) is 6.92 Å². The van der Waals surface area contributed by atoms with Crippen LogP contribution in [-0.4, -0.2) is 22.5 Å². The van der Waals surface area contributed by atoms with E-state index in [1.165, 1.54) is 12.4 Å². The van der Waals surface area contributed by atoms with E-state index < -0.39 is 5.97 Å². The topological polar surface area (TPSA) is 78.1 Å². The molecule has 0 fully saturated rings. The van der Waals surface area contributed by atoms with Gasteiger partial charge in [-0.15, -0.1) is 0 Å². The average Bonchev–Trinajstić information content (AvgIpc) is 2.06. The lowest BCUT2D eigenvalue weighted by Gasteiger charge is -1.99. The van der Waals surface area contributed by atoms with Crippen LogP contribution >= 0.6 is 0 Å². The van der Waals surface area contributed by atoms with Crippen molar-refractivity contribution in [2.24, 2.45) is 0 Å². The van der Waals surface area contributed by atoms with Gasteiger partial charge in [-0.1, -0.05) is 0 Å². The maximum absolute atomic E-state index is 11.0. The minimum absolute atomic E-state index is 0.142. The fraction of sp³-hybridized carbons (Fsp3) is 0.286. The molecule has 0 radical (unpaired) electrons. The lowest BCUT2D eigenvalue weighted by molar-refractivity contribution is 0.0525. The Kier molecular flexibility index (Phi) is 2.57. The van der Waals surface area contributed by atoms with E-state index >= 15 is 0 Å². The molecule has 0 spiro atoms.